The van der Waals surface area contributed by atoms with Crippen LogP contribution in [0.1, 0.15) is 24.8 Å². The molecule has 1 heterocycles. The Balaban J connectivity index is 1.79. The topological polar surface area (TPSA) is 15.6 Å². The molecule has 0 aromatic heterocycles. The maximum absolute atomic E-state index is 4.47. The molecular weight excluding hydrogens is 184 g/mol. The Labute approximate surface area is 91.6 Å². The summed E-state index contributed by atoms with van der Waals surface area (Å²) in [7, 11) is 0. The third-order valence-electron chi connectivity index (χ3n) is 2.75. The lowest BCUT2D eigenvalue weighted by atomic mass is 10.1. The third kappa shape index (κ3) is 3.39. The van der Waals surface area contributed by atoms with Crippen molar-refractivity contribution in [3.8, 4) is 0 Å². The van der Waals surface area contributed by atoms with Gasteiger partial charge in [0.25, 0.3) is 0 Å². The fourth-order valence-corrected chi connectivity index (χ4v) is 1.88. The molecule has 1 aromatic rings. The van der Waals surface area contributed by atoms with Gasteiger partial charge in [0.1, 0.15) is 0 Å². The third-order valence-corrected chi connectivity index (χ3v) is 2.75. The van der Waals surface area contributed by atoms with Gasteiger partial charge >= 0.3 is 0 Å². The highest BCUT2D eigenvalue weighted by Gasteiger charge is 2.04. The summed E-state index contributed by atoms with van der Waals surface area (Å²) in [5.74, 6) is 0. The average Bonchev–Trinajstić information content (AvgIpc) is 2.32. The number of benzene rings is 1. The van der Waals surface area contributed by atoms with Crippen molar-refractivity contribution in [3.05, 3.63) is 35.9 Å². The van der Waals surface area contributed by atoms with E-state index in [1.165, 1.54) is 37.9 Å². The molecule has 0 bridgehead atoms. The van der Waals surface area contributed by atoms with Crippen molar-refractivity contribution < 1.29 is 0 Å². The monoisotopic (exact) mass is 202 g/mol. The largest absolute Gasteiger partial charge is 0.363 e. The van der Waals surface area contributed by atoms with Gasteiger partial charge in [-0.05, 0) is 24.8 Å². The number of hydrogen-bond acceptors (Lipinski definition) is 1. The van der Waals surface area contributed by atoms with Gasteiger partial charge in [-0.3, -0.25) is 4.99 Å². The Hall–Kier alpha value is -1.31. The van der Waals surface area contributed by atoms with Gasteiger partial charge < -0.3 is 4.90 Å². The first kappa shape index (κ1) is 10.2. The standard InChI is InChI=1S/C13H18N2/c1-3-7-13(8-4-1)11-14-12-15-9-5-2-6-10-15/h1,3-4,7-8,12H,2,5-6,9-11H2. The molecule has 2 nitrogen and oxygen atoms in total. The van der Waals surface area contributed by atoms with Crippen molar-refractivity contribution in [2.75, 3.05) is 13.1 Å². The van der Waals surface area contributed by atoms with Gasteiger partial charge in [-0.1, -0.05) is 30.3 Å². The lowest BCUT2D eigenvalue weighted by Gasteiger charge is -2.23. The highest BCUT2D eigenvalue weighted by Crippen LogP contribution is 2.06. The number of hydrogen-bond donors (Lipinski definition) is 0. The molecule has 0 unspecified atom stereocenters. The van der Waals surface area contributed by atoms with Crippen molar-refractivity contribution in [3.63, 3.8) is 0 Å². The van der Waals surface area contributed by atoms with Crippen LogP contribution in [0.25, 0.3) is 0 Å². The molecule has 0 amide bonds. The van der Waals surface area contributed by atoms with Crippen LogP contribution in [-0.4, -0.2) is 24.3 Å². The Morgan fingerprint density at radius 1 is 1.07 bits per heavy atom. The van der Waals surface area contributed by atoms with E-state index in [1.54, 1.807) is 0 Å². The van der Waals surface area contributed by atoms with Crippen molar-refractivity contribution in [2.45, 2.75) is 25.8 Å². The molecule has 2 heteroatoms. The highest BCUT2D eigenvalue weighted by atomic mass is 15.1. The van der Waals surface area contributed by atoms with Gasteiger partial charge in [-0.25, -0.2) is 0 Å². The van der Waals surface area contributed by atoms with Crippen LogP contribution in [-0.2, 0) is 6.54 Å². The van der Waals surface area contributed by atoms with E-state index >= 15 is 0 Å². The highest BCUT2D eigenvalue weighted by molar-refractivity contribution is 5.55. The van der Waals surface area contributed by atoms with Crippen LogP contribution in [0.5, 0.6) is 0 Å². The van der Waals surface area contributed by atoms with E-state index in [0.717, 1.165) is 6.54 Å². The number of piperidine rings is 1. The van der Waals surface area contributed by atoms with Crippen LogP contribution in [0.15, 0.2) is 35.3 Å². The predicted octanol–water partition coefficient (Wildman–Crippen LogP) is 2.70. The normalized spacial score (nSPS) is 17.2. The van der Waals surface area contributed by atoms with Crippen molar-refractivity contribution in [1.29, 1.82) is 0 Å². The molecular formula is C13H18N2. The summed E-state index contributed by atoms with van der Waals surface area (Å²) in [5, 5.41) is 0. The Kier molecular flexibility index (Phi) is 3.77. The van der Waals surface area contributed by atoms with E-state index in [-0.39, 0.29) is 0 Å². The summed E-state index contributed by atoms with van der Waals surface area (Å²) < 4.78 is 0. The first-order valence-corrected chi connectivity index (χ1v) is 5.73. The summed E-state index contributed by atoms with van der Waals surface area (Å²) >= 11 is 0. The summed E-state index contributed by atoms with van der Waals surface area (Å²) in [6, 6.07) is 10.4. The van der Waals surface area contributed by atoms with Gasteiger partial charge in [0.2, 0.25) is 0 Å². The minimum Gasteiger partial charge on any atom is -0.363 e. The predicted molar refractivity (Wildman–Crippen MR) is 64.1 cm³/mol. The van der Waals surface area contributed by atoms with Crippen LogP contribution < -0.4 is 0 Å². The van der Waals surface area contributed by atoms with Crippen molar-refractivity contribution in [2.24, 2.45) is 4.99 Å². The molecule has 0 N–H and O–H groups in total. The van der Waals surface area contributed by atoms with Crippen LogP contribution >= 0.6 is 0 Å². The Bertz CT molecular complexity index is 300. The lowest BCUT2D eigenvalue weighted by Crippen LogP contribution is -2.28. The molecule has 15 heavy (non-hydrogen) atoms. The molecule has 0 radical (unpaired) electrons. The molecule has 1 aliphatic rings. The maximum atomic E-state index is 4.47. The molecule has 0 saturated carbocycles. The first-order valence-electron chi connectivity index (χ1n) is 5.73. The second-order valence-corrected chi connectivity index (χ2v) is 4.04. The van der Waals surface area contributed by atoms with E-state index in [0.29, 0.717) is 0 Å². The van der Waals surface area contributed by atoms with E-state index < -0.39 is 0 Å². The summed E-state index contributed by atoms with van der Waals surface area (Å²) in [4.78, 5) is 6.79. The van der Waals surface area contributed by atoms with Gasteiger partial charge in [0.05, 0.1) is 12.9 Å². The number of aliphatic imine (C=N–C) groups is 1. The fraction of sp³-hybridized carbons (Fsp3) is 0.462. The quantitative estimate of drug-likeness (QED) is 0.543. The van der Waals surface area contributed by atoms with E-state index in [4.69, 9.17) is 0 Å². The van der Waals surface area contributed by atoms with Crippen molar-refractivity contribution in [1.82, 2.24) is 4.90 Å². The summed E-state index contributed by atoms with van der Waals surface area (Å²) in [5.41, 5.74) is 1.28. The molecule has 1 saturated heterocycles. The molecule has 80 valence electrons. The number of rotatable bonds is 3. The first-order chi connectivity index (χ1) is 7.45. The molecule has 0 atom stereocenters. The zero-order valence-corrected chi connectivity index (χ0v) is 9.10. The number of nitrogens with zero attached hydrogens (tertiary/aromatic N) is 2. The van der Waals surface area contributed by atoms with E-state index in [9.17, 15) is 0 Å². The number of likely N-dealkylation sites (tertiary alicyclic amines) is 1. The SMILES string of the molecule is C(=NCc1ccccc1)N1CCCCC1. The molecule has 0 aliphatic carbocycles. The lowest BCUT2D eigenvalue weighted by molar-refractivity contribution is 0.350. The van der Waals surface area contributed by atoms with Gasteiger partial charge in [0.15, 0.2) is 0 Å². The molecule has 2 rings (SSSR count). The molecule has 0 spiro atoms. The minimum absolute atomic E-state index is 0.803. The summed E-state index contributed by atoms with van der Waals surface area (Å²) in [6.07, 6.45) is 6.03. The van der Waals surface area contributed by atoms with E-state index in [2.05, 4.69) is 34.2 Å². The second-order valence-electron chi connectivity index (χ2n) is 4.04. The van der Waals surface area contributed by atoms with Gasteiger partial charge in [-0.15, -0.1) is 0 Å². The molecule has 1 fully saturated rings. The van der Waals surface area contributed by atoms with E-state index in [1.807, 2.05) is 12.4 Å². The maximum Gasteiger partial charge on any atom is 0.0853 e. The zero-order chi connectivity index (χ0) is 10.3. The van der Waals surface area contributed by atoms with Crippen LogP contribution in [0.4, 0.5) is 0 Å². The average molecular weight is 202 g/mol. The minimum atomic E-state index is 0.803. The molecule has 1 aliphatic heterocycles. The smallest absolute Gasteiger partial charge is 0.0853 e. The Morgan fingerprint density at radius 2 is 1.80 bits per heavy atom. The molecule has 1 aromatic carbocycles. The van der Waals surface area contributed by atoms with Crippen LogP contribution in [0.3, 0.4) is 0 Å². The zero-order valence-electron chi connectivity index (χ0n) is 9.10. The van der Waals surface area contributed by atoms with Crippen molar-refractivity contribution >= 4 is 6.34 Å². The van der Waals surface area contributed by atoms with Crippen LogP contribution in [0.2, 0.25) is 0 Å². The Morgan fingerprint density at radius 3 is 2.53 bits per heavy atom. The van der Waals surface area contributed by atoms with Crippen LogP contribution in [0, 0.1) is 0 Å². The van der Waals surface area contributed by atoms with Gasteiger partial charge in [0, 0.05) is 13.1 Å². The summed E-state index contributed by atoms with van der Waals surface area (Å²) in [6.45, 7) is 3.16. The van der Waals surface area contributed by atoms with Gasteiger partial charge in [-0.2, -0.15) is 0 Å². The fourth-order valence-electron chi connectivity index (χ4n) is 1.88. The second kappa shape index (κ2) is 5.54.